The van der Waals surface area contributed by atoms with Gasteiger partial charge in [-0.15, -0.1) is 0 Å². The van der Waals surface area contributed by atoms with E-state index in [0.717, 1.165) is 5.69 Å². The van der Waals surface area contributed by atoms with Crippen LogP contribution in [-0.4, -0.2) is 20.1 Å². The van der Waals surface area contributed by atoms with Gasteiger partial charge < -0.3 is 0 Å². The number of carbonyl (C=O) groups excluding carboxylic acids is 1. The maximum atomic E-state index is 12.9. The lowest BCUT2D eigenvalue weighted by Gasteiger charge is -2.07. The molecule has 0 atom stereocenters. The average Bonchev–Trinajstić information content (AvgIpc) is 2.76. The number of pyridine rings is 1. The molecule has 0 aliphatic rings. The van der Waals surface area contributed by atoms with Crippen molar-refractivity contribution in [2.24, 2.45) is 0 Å². The van der Waals surface area contributed by atoms with E-state index in [-0.39, 0.29) is 16.5 Å². The van der Waals surface area contributed by atoms with Crippen LogP contribution in [-0.2, 0) is 0 Å². The molecule has 0 saturated heterocycles. The van der Waals surface area contributed by atoms with E-state index < -0.39 is 0 Å². The van der Waals surface area contributed by atoms with Crippen LogP contribution in [0.15, 0.2) is 42.5 Å². The van der Waals surface area contributed by atoms with Crippen molar-refractivity contribution in [1.82, 2.24) is 14.2 Å². The molecule has 4 nitrogen and oxygen atoms in total. The summed E-state index contributed by atoms with van der Waals surface area (Å²) < 4.78 is 16.1. The molecule has 3 aromatic rings. The Kier molecular flexibility index (Phi) is 2.94. The van der Waals surface area contributed by atoms with E-state index in [4.69, 9.17) is 12.2 Å². The van der Waals surface area contributed by atoms with Gasteiger partial charge in [-0.2, -0.15) is 9.67 Å². The highest BCUT2D eigenvalue weighted by Crippen LogP contribution is 2.11. The Labute approximate surface area is 119 Å². The first-order chi connectivity index (χ1) is 9.58. The van der Waals surface area contributed by atoms with Crippen molar-refractivity contribution in [3.63, 3.8) is 0 Å². The number of carbonyl (C=O) groups is 1. The number of halogens is 1. The van der Waals surface area contributed by atoms with E-state index in [9.17, 15) is 9.18 Å². The van der Waals surface area contributed by atoms with Crippen LogP contribution in [0.5, 0.6) is 0 Å². The van der Waals surface area contributed by atoms with E-state index in [0.29, 0.717) is 11.2 Å². The summed E-state index contributed by atoms with van der Waals surface area (Å²) in [6.07, 6.45) is 0. The smallest absolute Gasteiger partial charge is 0.267 e. The van der Waals surface area contributed by atoms with Crippen LogP contribution in [0.4, 0.5) is 4.39 Å². The predicted molar refractivity (Wildman–Crippen MR) is 74.9 cm³/mol. The largest absolute Gasteiger partial charge is 0.279 e. The molecule has 0 unspecified atom stereocenters. The first kappa shape index (κ1) is 12.7. The Bertz CT molecular complexity index is 864. The molecule has 2 aromatic heterocycles. The molecule has 0 saturated carbocycles. The zero-order chi connectivity index (χ0) is 14.3. The van der Waals surface area contributed by atoms with Gasteiger partial charge in [0.2, 0.25) is 4.77 Å². The predicted octanol–water partition coefficient (Wildman–Crippen LogP) is 3.00. The molecule has 0 N–H and O–H groups in total. The van der Waals surface area contributed by atoms with Gasteiger partial charge in [-0.3, -0.25) is 4.79 Å². The molecule has 6 heteroatoms. The first-order valence-electron chi connectivity index (χ1n) is 5.95. The number of hydrogen-bond donors (Lipinski definition) is 0. The summed E-state index contributed by atoms with van der Waals surface area (Å²) in [6, 6.07) is 10.8. The van der Waals surface area contributed by atoms with Crippen molar-refractivity contribution in [2.75, 3.05) is 0 Å². The molecule has 0 radical (unpaired) electrons. The molecule has 0 amide bonds. The number of aromatic nitrogens is 3. The van der Waals surface area contributed by atoms with Gasteiger partial charge in [-0.1, -0.05) is 6.07 Å². The summed E-state index contributed by atoms with van der Waals surface area (Å²) in [5.41, 5.74) is 1.79. The normalized spacial score (nSPS) is 10.9. The van der Waals surface area contributed by atoms with Crippen LogP contribution in [0.3, 0.4) is 0 Å². The molecule has 3 rings (SSSR count). The van der Waals surface area contributed by atoms with Crippen LogP contribution in [0.2, 0.25) is 0 Å². The second-order valence-corrected chi connectivity index (χ2v) is 4.72. The van der Waals surface area contributed by atoms with Crippen molar-refractivity contribution in [1.29, 1.82) is 0 Å². The van der Waals surface area contributed by atoms with Gasteiger partial charge in [-0.25, -0.2) is 8.91 Å². The number of benzene rings is 1. The quantitative estimate of drug-likeness (QED) is 0.646. The van der Waals surface area contributed by atoms with Crippen molar-refractivity contribution in [3.05, 3.63) is 64.3 Å². The van der Waals surface area contributed by atoms with Gasteiger partial charge in [0.25, 0.3) is 5.91 Å². The molecule has 100 valence electrons. The molecule has 0 fully saturated rings. The maximum Gasteiger partial charge on any atom is 0.279 e. The summed E-state index contributed by atoms with van der Waals surface area (Å²) in [7, 11) is 0. The molecular formula is C14H10FN3OS. The van der Waals surface area contributed by atoms with Gasteiger partial charge in [0.15, 0.2) is 5.65 Å². The van der Waals surface area contributed by atoms with Crippen molar-refractivity contribution >= 4 is 23.8 Å². The number of nitrogens with zero attached hydrogens (tertiary/aromatic N) is 3. The number of fused-ring (bicyclic) bond motifs is 1. The van der Waals surface area contributed by atoms with Crippen LogP contribution in [0.25, 0.3) is 5.65 Å². The fourth-order valence-electron chi connectivity index (χ4n) is 2.06. The molecule has 0 bridgehead atoms. The third-order valence-electron chi connectivity index (χ3n) is 3.01. The Morgan fingerprint density at radius 2 is 1.90 bits per heavy atom. The third kappa shape index (κ3) is 1.94. The fourth-order valence-corrected chi connectivity index (χ4v) is 2.32. The van der Waals surface area contributed by atoms with Gasteiger partial charge in [0.1, 0.15) is 5.82 Å². The van der Waals surface area contributed by atoms with Crippen LogP contribution >= 0.6 is 12.2 Å². The molecule has 2 heterocycles. The van der Waals surface area contributed by atoms with E-state index in [1.165, 1.54) is 28.9 Å². The van der Waals surface area contributed by atoms with Gasteiger partial charge >= 0.3 is 0 Å². The van der Waals surface area contributed by atoms with Gasteiger partial charge in [-0.05, 0) is 55.5 Å². The highest BCUT2D eigenvalue weighted by Gasteiger charge is 2.15. The minimum Gasteiger partial charge on any atom is -0.267 e. The molecule has 0 aliphatic carbocycles. The lowest BCUT2D eigenvalue weighted by atomic mass is 10.2. The minimum atomic E-state index is -0.389. The molecule has 20 heavy (non-hydrogen) atoms. The average molecular weight is 287 g/mol. The van der Waals surface area contributed by atoms with E-state index >= 15 is 0 Å². The first-order valence-corrected chi connectivity index (χ1v) is 6.36. The SMILES string of the molecule is Cc1cccc2nc(=S)n(C(=O)c3ccc(F)cc3)n12. The summed E-state index contributed by atoms with van der Waals surface area (Å²) in [5.74, 6) is -0.726. The standard InChI is InChI=1S/C14H10FN3OS/c1-9-3-2-4-12-16-14(20)18(17(9)12)13(19)10-5-7-11(15)8-6-10/h2-8H,1H3. The van der Waals surface area contributed by atoms with Gasteiger partial charge in [0.05, 0.1) is 0 Å². The Morgan fingerprint density at radius 3 is 2.60 bits per heavy atom. The van der Waals surface area contributed by atoms with E-state index in [2.05, 4.69) is 4.98 Å². The number of hydrogen-bond acceptors (Lipinski definition) is 3. The highest BCUT2D eigenvalue weighted by atomic mass is 32.1. The van der Waals surface area contributed by atoms with Crippen molar-refractivity contribution < 1.29 is 9.18 Å². The summed E-state index contributed by atoms with van der Waals surface area (Å²) >= 11 is 5.15. The zero-order valence-electron chi connectivity index (χ0n) is 10.6. The Hall–Kier alpha value is -2.34. The van der Waals surface area contributed by atoms with Crippen LogP contribution in [0.1, 0.15) is 16.1 Å². The second-order valence-electron chi connectivity index (χ2n) is 4.36. The lowest BCUT2D eigenvalue weighted by molar-refractivity contribution is 0.0937. The van der Waals surface area contributed by atoms with Crippen LogP contribution < -0.4 is 0 Å². The summed E-state index contributed by atoms with van der Waals surface area (Å²) in [4.78, 5) is 16.7. The lowest BCUT2D eigenvalue weighted by Crippen LogP contribution is -2.18. The van der Waals surface area contributed by atoms with Gasteiger partial charge in [0, 0.05) is 11.3 Å². The van der Waals surface area contributed by atoms with Crippen LogP contribution in [0, 0.1) is 17.5 Å². The number of aryl methyl sites for hydroxylation is 1. The summed E-state index contributed by atoms with van der Waals surface area (Å²) in [5, 5.41) is 0. The van der Waals surface area contributed by atoms with E-state index in [1.807, 2.05) is 19.1 Å². The van der Waals surface area contributed by atoms with E-state index in [1.54, 1.807) is 10.6 Å². The molecular weight excluding hydrogens is 277 g/mol. The molecule has 0 spiro atoms. The van der Waals surface area contributed by atoms with Crippen molar-refractivity contribution in [2.45, 2.75) is 6.92 Å². The number of rotatable bonds is 1. The minimum absolute atomic E-state index is 0.175. The highest BCUT2D eigenvalue weighted by molar-refractivity contribution is 7.71. The van der Waals surface area contributed by atoms with Crippen molar-refractivity contribution in [3.8, 4) is 0 Å². The topological polar surface area (TPSA) is 39.3 Å². The second kappa shape index (κ2) is 4.64. The maximum absolute atomic E-state index is 12.9. The Balaban J connectivity index is 2.24. The fraction of sp³-hybridized carbons (Fsp3) is 0.0714. The zero-order valence-corrected chi connectivity index (χ0v) is 11.4. The molecule has 1 aromatic carbocycles. The monoisotopic (exact) mass is 287 g/mol. The molecule has 0 aliphatic heterocycles. The summed E-state index contributed by atoms with van der Waals surface area (Å²) in [6.45, 7) is 1.86. The Morgan fingerprint density at radius 1 is 1.20 bits per heavy atom. The third-order valence-corrected chi connectivity index (χ3v) is 3.27.